The molecule has 0 aromatic rings. The van der Waals surface area contributed by atoms with Crippen molar-refractivity contribution >= 4 is 22.8 Å². The summed E-state index contributed by atoms with van der Waals surface area (Å²) in [6.07, 6.45) is 1.71. The molecule has 1 amide bonds. The van der Waals surface area contributed by atoms with Gasteiger partial charge in [0, 0.05) is 31.7 Å². The highest BCUT2D eigenvalue weighted by Gasteiger charge is 2.50. The van der Waals surface area contributed by atoms with Crippen molar-refractivity contribution < 1.29 is 9.59 Å². The SMILES string of the molecule is CC(=O)SCC1CC(=O)N(C2C(C)CC(C)(C)C2CN)C1. The summed E-state index contributed by atoms with van der Waals surface area (Å²) in [5.41, 5.74) is 6.22. The number of thioether (sulfide) groups is 1. The van der Waals surface area contributed by atoms with E-state index in [1.807, 2.05) is 0 Å². The Hall–Kier alpha value is -0.550. The van der Waals surface area contributed by atoms with E-state index >= 15 is 0 Å². The summed E-state index contributed by atoms with van der Waals surface area (Å²) in [6.45, 7) is 9.80. The third-order valence-corrected chi connectivity index (χ3v) is 6.27. The molecular formula is C16H28N2O2S. The molecule has 0 radical (unpaired) electrons. The molecule has 0 bridgehead atoms. The van der Waals surface area contributed by atoms with Gasteiger partial charge in [-0.05, 0) is 36.1 Å². The summed E-state index contributed by atoms with van der Waals surface area (Å²) >= 11 is 1.34. The Morgan fingerprint density at radius 3 is 2.71 bits per heavy atom. The quantitative estimate of drug-likeness (QED) is 0.864. The average Bonchev–Trinajstić information content (AvgIpc) is 2.83. The van der Waals surface area contributed by atoms with Gasteiger partial charge in [-0.25, -0.2) is 0 Å². The van der Waals surface area contributed by atoms with Gasteiger partial charge in [0.15, 0.2) is 5.12 Å². The van der Waals surface area contributed by atoms with Crippen LogP contribution in [0.4, 0.5) is 0 Å². The number of amides is 1. The zero-order valence-corrected chi connectivity index (χ0v) is 14.4. The van der Waals surface area contributed by atoms with E-state index in [0.29, 0.717) is 30.7 Å². The summed E-state index contributed by atoms with van der Waals surface area (Å²) in [5.74, 6) is 2.18. The molecule has 2 N–H and O–H groups in total. The predicted octanol–water partition coefficient (Wildman–Crippen LogP) is 2.12. The second kappa shape index (κ2) is 6.29. The first-order chi connectivity index (χ1) is 9.76. The molecule has 120 valence electrons. The maximum Gasteiger partial charge on any atom is 0.223 e. The molecule has 4 unspecified atom stereocenters. The minimum atomic E-state index is 0.135. The average molecular weight is 312 g/mol. The molecule has 1 saturated heterocycles. The third-order valence-electron chi connectivity index (χ3n) is 5.22. The van der Waals surface area contributed by atoms with Gasteiger partial charge in [0.25, 0.3) is 0 Å². The maximum absolute atomic E-state index is 12.4. The molecule has 5 heteroatoms. The molecule has 1 heterocycles. The van der Waals surface area contributed by atoms with Crippen molar-refractivity contribution in [1.82, 2.24) is 4.90 Å². The Kier molecular flexibility index (Phi) is 5.03. The fourth-order valence-electron chi connectivity index (χ4n) is 4.39. The van der Waals surface area contributed by atoms with Crippen molar-refractivity contribution in [2.75, 3.05) is 18.8 Å². The molecular weight excluding hydrogens is 284 g/mol. The standard InChI is InChI=1S/C16H28N2O2S/c1-10-6-16(3,4)13(7-17)15(10)18-8-12(5-14(18)20)9-21-11(2)19/h10,12-13,15H,5-9,17H2,1-4H3. The zero-order valence-electron chi connectivity index (χ0n) is 13.6. The molecule has 4 atom stereocenters. The van der Waals surface area contributed by atoms with E-state index in [0.717, 1.165) is 18.7 Å². The second-order valence-electron chi connectivity index (χ2n) is 7.42. The minimum absolute atomic E-state index is 0.135. The van der Waals surface area contributed by atoms with Crippen LogP contribution in [0, 0.1) is 23.2 Å². The Bertz CT molecular complexity index is 425. The zero-order chi connectivity index (χ0) is 15.8. The highest BCUT2D eigenvalue weighted by Crippen LogP contribution is 2.48. The number of carbonyl (C=O) groups is 2. The van der Waals surface area contributed by atoms with Gasteiger partial charge in [-0.1, -0.05) is 32.5 Å². The lowest BCUT2D eigenvalue weighted by Crippen LogP contribution is -2.46. The summed E-state index contributed by atoms with van der Waals surface area (Å²) in [6, 6.07) is 0.268. The summed E-state index contributed by atoms with van der Waals surface area (Å²) in [5, 5.41) is 0.135. The van der Waals surface area contributed by atoms with Crippen LogP contribution in [-0.4, -0.2) is 40.8 Å². The van der Waals surface area contributed by atoms with E-state index in [-0.39, 0.29) is 22.5 Å². The van der Waals surface area contributed by atoms with E-state index < -0.39 is 0 Å². The van der Waals surface area contributed by atoms with E-state index in [9.17, 15) is 9.59 Å². The lowest BCUT2D eigenvalue weighted by molar-refractivity contribution is -0.131. The molecule has 2 rings (SSSR count). The molecule has 0 aromatic heterocycles. The maximum atomic E-state index is 12.4. The van der Waals surface area contributed by atoms with Crippen LogP contribution in [0.15, 0.2) is 0 Å². The number of hydrogen-bond acceptors (Lipinski definition) is 4. The molecule has 1 aliphatic heterocycles. The number of likely N-dealkylation sites (tertiary alicyclic amines) is 1. The van der Waals surface area contributed by atoms with Gasteiger partial charge >= 0.3 is 0 Å². The number of carbonyl (C=O) groups excluding carboxylic acids is 2. The van der Waals surface area contributed by atoms with Gasteiger partial charge in [0.05, 0.1) is 0 Å². The molecule has 2 fully saturated rings. The molecule has 1 aliphatic carbocycles. The van der Waals surface area contributed by atoms with E-state index in [2.05, 4.69) is 25.7 Å². The largest absolute Gasteiger partial charge is 0.339 e. The van der Waals surface area contributed by atoms with Gasteiger partial charge in [0.2, 0.25) is 5.91 Å². The van der Waals surface area contributed by atoms with Gasteiger partial charge in [-0.2, -0.15) is 0 Å². The molecule has 1 saturated carbocycles. The summed E-state index contributed by atoms with van der Waals surface area (Å²) in [4.78, 5) is 25.6. The molecule has 0 aromatic carbocycles. The van der Waals surface area contributed by atoms with Gasteiger partial charge < -0.3 is 10.6 Å². The van der Waals surface area contributed by atoms with Gasteiger partial charge in [-0.3, -0.25) is 9.59 Å². The number of hydrogen-bond donors (Lipinski definition) is 1. The Morgan fingerprint density at radius 2 is 2.14 bits per heavy atom. The summed E-state index contributed by atoms with van der Waals surface area (Å²) in [7, 11) is 0. The van der Waals surface area contributed by atoms with Crippen LogP contribution in [-0.2, 0) is 9.59 Å². The highest BCUT2D eigenvalue weighted by molar-refractivity contribution is 8.13. The molecule has 0 spiro atoms. The Morgan fingerprint density at radius 1 is 1.48 bits per heavy atom. The second-order valence-corrected chi connectivity index (χ2v) is 8.62. The van der Waals surface area contributed by atoms with Crippen molar-refractivity contribution in [2.45, 2.75) is 46.6 Å². The fraction of sp³-hybridized carbons (Fsp3) is 0.875. The highest BCUT2D eigenvalue weighted by atomic mass is 32.2. The van der Waals surface area contributed by atoms with Crippen LogP contribution in [0.2, 0.25) is 0 Å². The Labute approximate surface area is 132 Å². The van der Waals surface area contributed by atoms with E-state index in [1.54, 1.807) is 6.92 Å². The van der Waals surface area contributed by atoms with Crippen LogP contribution >= 0.6 is 11.8 Å². The predicted molar refractivity (Wildman–Crippen MR) is 86.9 cm³/mol. The first kappa shape index (κ1) is 16.8. The number of nitrogens with two attached hydrogens (primary N) is 1. The lowest BCUT2D eigenvalue weighted by Gasteiger charge is -2.35. The number of rotatable bonds is 4. The molecule has 2 aliphatic rings. The van der Waals surface area contributed by atoms with Gasteiger partial charge in [-0.15, -0.1) is 0 Å². The normalized spacial score (nSPS) is 35.5. The minimum Gasteiger partial charge on any atom is -0.339 e. The van der Waals surface area contributed by atoms with E-state index in [4.69, 9.17) is 5.73 Å². The van der Waals surface area contributed by atoms with Crippen molar-refractivity contribution in [3.05, 3.63) is 0 Å². The topological polar surface area (TPSA) is 63.4 Å². The summed E-state index contributed by atoms with van der Waals surface area (Å²) < 4.78 is 0. The fourth-order valence-corrected chi connectivity index (χ4v) is 5.08. The van der Waals surface area contributed by atoms with Crippen molar-refractivity contribution in [3.63, 3.8) is 0 Å². The van der Waals surface area contributed by atoms with Crippen molar-refractivity contribution in [3.8, 4) is 0 Å². The van der Waals surface area contributed by atoms with Crippen LogP contribution in [0.1, 0.15) is 40.5 Å². The first-order valence-corrected chi connectivity index (χ1v) is 8.87. The molecule has 4 nitrogen and oxygen atoms in total. The van der Waals surface area contributed by atoms with Crippen LogP contribution in [0.25, 0.3) is 0 Å². The number of nitrogens with zero attached hydrogens (tertiary/aromatic N) is 1. The van der Waals surface area contributed by atoms with Crippen molar-refractivity contribution in [2.24, 2.45) is 28.9 Å². The lowest BCUT2D eigenvalue weighted by atomic mass is 9.80. The Balaban J connectivity index is 2.07. The third kappa shape index (κ3) is 3.45. The van der Waals surface area contributed by atoms with Crippen molar-refractivity contribution in [1.29, 1.82) is 0 Å². The molecule has 21 heavy (non-hydrogen) atoms. The monoisotopic (exact) mass is 312 g/mol. The first-order valence-electron chi connectivity index (χ1n) is 7.89. The van der Waals surface area contributed by atoms with Crippen LogP contribution in [0.3, 0.4) is 0 Å². The van der Waals surface area contributed by atoms with Crippen LogP contribution < -0.4 is 5.73 Å². The smallest absolute Gasteiger partial charge is 0.223 e. The van der Waals surface area contributed by atoms with Gasteiger partial charge in [0.1, 0.15) is 0 Å². The van der Waals surface area contributed by atoms with E-state index in [1.165, 1.54) is 11.8 Å². The van der Waals surface area contributed by atoms with Crippen LogP contribution in [0.5, 0.6) is 0 Å².